The minimum absolute atomic E-state index is 0.0300. The molecule has 0 unspecified atom stereocenters. The summed E-state index contributed by atoms with van der Waals surface area (Å²) < 4.78 is 14.6. The van der Waals surface area contributed by atoms with E-state index in [0.29, 0.717) is 29.8 Å². The standard InChI is InChI=1S/C21H18FN5O3/c1-23-19(28)17-16-7-10-26(21(30)18-24-8-2-9-25-18)11-13(16)12-27(20(17)29)15-5-3-14(22)4-6-15/h2-6,8-9,12H,7,10-11H2,1H3,(H,23,28). The minimum atomic E-state index is -0.501. The van der Waals surface area contributed by atoms with Gasteiger partial charge in [0.15, 0.2) is 0 Å². The first-order chi connectivity index (χ1) is 14.5. The van der Waals surface area contributed by atoms with Crippen LogP contribution < -0.4 is 10.9 Å². The van der Waals surface area contributed by atoms with Gasteiger partial charge >= 0.3 is 0 Å². The number of carbonyl (C=O) groups is 2. The highest BCUT2D eigenvalue weighted by molar-refractivity contribution is 5.96. The molecule has 4 rings (SSSR count). The largest absolute Gasteiger partial charge is 0.355 e. The van der Waals surface area contributed by atoms with Crippen LogP contribution in [0.15, 0.2) is 53.7 Å². The molecule has 2 amide bonds. The fourth-order valence-corrected chi connectivity index (χ4v) is 3.53. The molecule has 1 aliphatic heterocycles. The molecule has 0 radical (unpaired) electrons. The Balaban J connectivity index is 1.80. The molecule has 2 aromatic heterocycles. The highest BCUT2D eigenvalue weighted by Crippen LogP contribution is 2.23. The normalized spacial score (nSPS) is 12.9. The average molecular weight is 407 g/mol. The molecule has 152 valence electrons. The van der Waals surface area contributed by atoms with Crippen molar-refractivity contribution in [3.8, 4) is 5.69 Å². The number of hydrogen-bond donors (Lipinski definition) is 1. The summed E-state index contributed by atoms with van der Waals surface area (Å²) in [4.78, 5) is 47.9. The molecule has 0 fully saturated rings. The predicted octanol–water partition coefficient (Wildman–Crippen LogP) is 1.32. The predicted molar refractivity (Wildman–Crippen MR) is 106 cm³/mol. The van der Waals surface area contributed by atoms with Gasteiger partial charge in [0.25, 0.3) is 17.4 Å². The van der Waals surface area contributed by atoms with Gasteiger partial charge in [0.1, 0.15) is 11.4 Å². The van der Waals surface area contributed by atoms with Crippen molar-refractivity contribution >= 4 is 11.8 Å². The Morgan fingerprint density at radius 3 is 2.50 bits per heavy atom. The number of pyridine rings is 1. The Labute approximate surface area is 171 Å². The number of carbonyl (C=O) groups excluding carboxylic acids is 2. The second kappa shape index (κ2) is 7.86. The molecule has 0 saturated carbocycles. The fraction of sp³-hybridized carbons (Fsp3) is 0.190. The van der Waals surface area contributed by atoms with Gasteiger partial charge < -0.3 is 10.2 Å². The zero-order valence-corrected chi connectivity index (χ0v) is 16.1. The Bertz CT molecular complexity index is 1180. The van der Waals surface area contributed by atoms with Crippen LogP contribution in [0.5, 0.6) is 0 Å². The van der Waals surface area contributed by atoms with Crippen molar-refractivity contribution in [2.45, 2.75) is 13.0 Å². The molecular weight excluding hydrogens is 389 g/mol. The average Bonchev–Trinajstić information content (AvgIpc) is 2.78. The summed E-state index contributed by atoms with van der Waals surface area (Å²) in [5.41, 5.74) is 1.22. The van der Waals surface area contributed by atoms with Gasteiger partial charge in [0, 0.05) is 44.4 Å². The quantitative estimate of drug-likeness (QED) is 0.706. The number of nitrogens with one attached hydrogen (secondary N) is 1. The molecule has 3 heterocycles. The maximum absolute atomic E-state index is 13.3. The van der Waals surface area contributed by atoms with E-state index in [-0.39, 0.29) is 23.8 Å². The second-order valence-electron chi connectivity index (χ2n) is 6.79. The third kappa shape index (κ3) is 3.45. The van der Waals surface area contributed by atoms with E-state index < -0.39 is 17.3 Å². The van der Waals surface area contributed by atoms with Gasteiger partial charge in [0.2, 0.25) is 5.82 Å². The summed E-state index contributed by atoms with van der Waals surface area (Å²) >= 11 is 0. The highest BCUT2D eigenvalue weighted by Gasteiger charge is 2.29. The van der Waals surface area contributed by atoms with Crippen LogP contribution in [0.25, 0.3) is 5.69 Å². The molecule has 3 aromatic rings. The van der Waals surface area contributed by atoms with Crippen molar-refractivity contribution in [1.82, 2.24) is 24.8 Å². The number of rotatable bonds is 3. The maximum atomic E-state index is 13.3. The molecule has 30 heavy (non-hydrogen) atoms. The number of halogens is 1. The van der Waals surface area contributed by atoms with E-state index in [2.05, 4.69) is 15.3 Å². The van der Waals surface area contributed by atoms with E-state index in [1.54, 1.807) is 17.2 Å². The summed E-state index contributed by atoms with van der Waals surface area (Å²) in [7, 11) is 1.45. The number of fused-ring (bicyclic) bond motifs is 1. The van der Waals surface area contributed by atoms with Crippen molar-refractivity contribution in [1.29, 1.82) is 0 Å². The molecule has 0 aliphatic carbocycles. The Morgan fingerprint density at radius 1 is 1.13 bits per heavy atom. The van der Waals surface area contributed by atoms with E-state index in [9.17, 15) is 18.8 Å². The monoisotopic (exact) mass is 407 g/mol. The third-order valence-electron chi connectivity index (χ3n) is 5.00. The van der Waals surface area contributed by atoms with Gasteiger partial charge in [-0.3, -0.25) is 19.0 Å². The van der Waals surface area contributed by atoms with Crippen molar-refractivity contribution in [3.05, 3.63) is 87.6 Å². The fourth-order valence-electron chi connectivity index (χ4n) is 3.53. The van der Waals surface area contributed by atoms with Crippen LogP contribution in [-0.4, -0.2) is 44.8 Å². The van der Waals surface area contributed by atoms with Crippen LogP contribution in [-0.2, 0) is 13.0 Å². The van der Waals surface area contributed by atoms with Crippen LogP contribution in [0.2, 0.25) is 0 Å². The first kappa shape index (κ1) is 19.4. The summed E-state index contributed by atoms with van der Waals surface area (Å²) in [6.07, 6.45) is 4.93. The molecule has 0 atom stereocenters. The summed E-state index contributed by atoms with van der Waals surface area (Å²) in [5, 5.41) is 2.51. The zero-order chi connectivity index (χ0) is 21.3. The maximum Gasteiger partial charge on any atom is 0.291 e. The lowest BCUT2D eigenvalue weighted by atomic mass is 9.95. The van der Waals surface area contributed by atoms with Crippen LogP contribution in [0.3, 0.4) is 0 Å². The second-order valence-corrected chi connectivity index (χ2v) is 6.79. The lowest BCUT2D eigenvalue weighted by Gasteiger charge is -2.30. The molecular formula is C21H18FN5O3. The van der Waals surface area contributed by atoms with E-state index in [4.69, 9.17) is 0 Å². The Kier molecular flexibility index (Phi) is 5.09. The van der Waals surface area contributed by atoms with E-state index in [0.717, 1.165) is 0 Å². The number of nitrogens with zero attached hydrogens (tertiary/aromatic N) is 4. The Hall–Kier alpha value is -3.88. The van der Waals surface area contributed by atoms with Gasteiger partial charge in [-0.2, -0.15) is 0 Å². The van der Waals surface area contributed by atoms with Crippen molar-refractivity contribution in [3.63, 3.8) is 0 Å². The first-order valence-corrected chi connectivity index (χ1v) is 9.31. The first-order valence-electron chi connectivity index (χ1n) is 9.31. The van der Waals surface area contributed by atoms with Crippen LogP contribution in [0, 0.1) is 5.82 Å². The molecule has 1 N–H and O–H groups in total. The minimum Gasteiger partial charge on any atom is -0.355 e. The third-order valence-corrected chi connectivity index (χ3v) is 5.00. The molecule has 0 saturated heterocycles. The molecule has 9 heteroatoms. The SMILES string of the molecule is CNC(=O)c1c2c(cn(-c3ccc(F)cc3)c1=O)CN(C(=O)c1ncccn1)CC2. The summed E-state index contributed by atoms with van der Waals surface area (Å²) in [6.45, 7) is 0.520. The van der Waals surface area contributed by atoms with E-state index in [1.807, 2.05) is 0 Å². The van der Waals surface area contributed by atoms with Gasteiger partial charge in [-0.25, -0.2) is 14.4 Å². The van der Waals surface area contributed by atoms with Gasteiger partial charge in [-0.15, -0.1) is 0 Å². The van der Waals surface area contributed by atoms with Gasteiger partial charge in [0.05, 0.1) is 0 Å². The zero-order valence-electron chi connectivity index (χ0n) is 16.1. The molecule has 0 spiro atoms. The molecule has 8 nitrogen and oxygen atoms in total. The molecule has 1 aromatic carbocycles. The van der Waals surface area contributed by atoms with Crippen LogP contribution >= 0.6 is 0 Å². The number of amides is 2. The summed E-state index contributed by atoms with van der Waals surface area (Å²) in [6, 6.07) is 7.02. The van der Waals surface area contributed by atoms with Gasteiger partial charge in [-0.1, -0.05) is 0 Å². The van der Waals surface area contributed by atoms with Crippen molar-refractivity contribution < 1.29 is 14.0 Å². The van der Waals surface area contributed by atoms with E-state index in [1.165, 1.54) is 48.3 Å². The Morgan fingerprint density at radius 2 is 1.83 bits per heavy atom. The number of aromatic nitrogens is 3. The van der Waals surface area contributed by atoms with Crippen molar-refractivity contribution in [2.75, 3.05) is 13.6 Å². The topological polar surface area (TPSA) is 97.2 Å². The van der Waals surface area contributed by atoms with E-state index >= 15 is 0 Å². The van der Waals surface area contributed by atoms with Gasteiger partial charge in [-0.05, 0) is 47.9 Å². The highest BCUT2D eigenvalue weighted by atomic mass is 19.1. The molecule has 1 aliphatic rings. The molecule has 0 bridgehead atoms. The number of benzene rings is 1. The number of hydrogen-bond acceptors (Lipinski definition) is 5. The smallest absolute Gasteiger partial charge is 0.291 e. The summed E-state index contributed by atoms with van der Waals surface area (Å²) in [5.74, 6) is -1.18. The van der Waals surface area contributed by atoms with Crippen LogP contribution in [0.4, 0.5) is 4.39 Å². The van der Waals surface area contributed by atoms with Crippen LogP contribution in [0.1, 0.15) is 32.1 Å². The lowest BCUT2D eigenvalue weighted by Crippen LogP contribution is -2.41. The van der Waals surface area contributed by atoms with Crippen molar-refractivity contribution in [2.24, 2.45) is 0 Å². The lowest BCUT2D eigenvalue weighted by molar-refractivity contribution is 0.0721.